The second kappa shape index (κ2) is 6.57. The van der Waals surface area contributed by atoms with Crippen LogP contribution in [-0.2, 0) is 14.8 Å². The van der Waals surface area contributed by atoms with Gasteiger partial charge >= 0.3 is 0 Å². The molecule has 2 rings (SSSR count). The van der Waals surface area contributed by atoms with Gasteiger partial charge in [-0.25, -0.2) is 21.9 Å². The first-order valence-corrected chi connectivity index (χ1v) is 7.72. The van der Waals surface area contributed by atoms with E-state index in [0.717, 1.165) is 25.2 Å². The minimum absolute atomic E-state index is 0.210. The Morgan fingerprint density at radius 2 is 1.90 bits per heavy atom. The second-order valence-electron chi connectivity index (χ2n) is 4.43. The van der Waals surface area contributed by atoms with E-state index in [1.807, 2.05) is 0 Å². The van der Waals surface area contributed by atoms with E-state index in [1.54, 1.807) is 0 Å². The summed E-state index contributed by atoms with van der Waals surface area (Å²) in [6, 6.07) is 2.51. The molecular weight excluding hydrogens is 290 g/mol. The second-order valence-corrected chi connectivity index (χ2v) is 6.19. The quantitative estimate of drug-likeness (QED) is 0.864. The van der Waals surface area contributed by atoms with Gasteiger partial charge in [-0.2, -0.15) is 0 Å². The Morgan fingerprint density at radius 3 is 2.55 bits per heavy atom. The summed E-state index contributed by atoms with van der Waals surface area (Å²) in [5, 5.41) is 0. The van der Waals surface area contributed by atoms with Crippen molar-refractivity contribution in [2.24, 2.45) is 0 Å². The van der Waals surface area contributed by atoms with Gasteiger partial charge in [0.1, 0.15) is 0 Å². The molecule has 1 heterocycles. The Labute approximate surface area is 116 Å². The molecule has 8 heteroatoms. The molecule has 1 aromatic carbocycles. The average molecular weight is 306 g/mol. The maximum Gasteiger partial charge on any atom is 0.240 e. The molecule has 1 saturated heterocycles. The number of ether oxygens (including phenoxy) is 1. The van der Waals surface area contributed by atoms with Crippen LogP contribution in [0.4, 0.5) is 8.78 Å². The zero-order chi connectivity index (χ0) is 14.6. The fourth-order valence-corrected chi connectivity index (χ4v) is 2.92. The molecule has 0 unspecified atom stereocenters. The molecule has 0 aromatic heterocycles. The predicted molar refractivity (Wildman–Crippen MR) is 68.8 cm³/mol. The molecule has 1 fully saturated rings. The van der Waals surface area contributed by atoms with Gasteiger partial charge in [0.2, 0.25) is 10.0 Å². The van der Waals surface area contributed by atoms with Gasteiger partial charge in [-0.1, -0.05) is 0 Å². The number of hydrogen-bond donors (Lipinski definition) is 1. The van der Waals surface area contributed by atoms with Gasteiger partial charge in [0.15, 0.2) is 11.6 Å². The fourth-order valence-electron chi connectivity index (χ4n) is 1.89. The molecule has 0 bridgehead atoms. The highest BCUT2D eigenvalue weighted by Gasteiger charge is 2.17. The highest BCUT2D eigenvalue weighted by Crippen LogP contribution is 2.13. The monoisotopic (exact) mass is 306 g/mol. The lowest BCUT2D eigenvalue weighted by molar-refractivity contribution is 0.0390. The molecule has 0 radical (unpaired) electrons. The average Bonchev–Trinajstić information content (AvgIpc) is 2.43. The third-order valence-corrected chi connectivity index (χ3v) is 4.48. The van der Waals surface area contributed by atoms with Crippen molar-refractivity contribution in [1.82, 2.24) is 9.62 Å². The van der Waals surface area contributed by atoms with Gasteiger partial charge in [-0.05, 0) is 18.2 Å². The van der Waals surface area contributed by atoms with E-state index < -0.39 is 21.7 Å². The van der Waals surface area contributed by atoms with Gasteiger partial charge in [0.25, 0.3) is 0 Å². The molecule has 1 aromatic rings. The highest BCUT2D eigenvalue weighted by molar-refractivity contribution is 7.89. The van der Waals surface area contributed by atoms with E-state index in [-0.39, 0.29) is 11.4 Å². The van der Waals surface area contributed by atoms with Gasteiger partial charge in [-0.3, -0.25) is 4.90 Å². The van der Waals surface area contributed by atoms with Crippen LogP contribution in [0, 0.1) is 11.6 Å². The summed E-state index contributed by atoms with van der Waals surface area (Å²) < 4.78 is 57.1. The van der Waals surface area contributed by atoms with E-state index >= 15 is 0 Å². The van der Waals surface area contributed by atoms with Crippen molar-refractivity contribution >= 4 is 10.0 Å². The summed E-state index contributed by atoms with van der Waals surface area (Å²) in [7, 11) is -3.81. The molecule has 5 nitrogen and oxygen atoms in total. The zero-order valence-electron chi connectivity index (χ0n) is 10.8. The Hall–Kier alpha value is -1.09. The molecule has 1 N–H and O–H groups in total. The largest absolute Gasteiger partial charge is 0.379 e. The molecule has 20 heavy (non-hydrogen) atoms. The first kappa shape index (κ1) is 15.3. The molecule has 0 atom stereocenters. The number of morpholine rings is 1. The molecule has 1 aliphatic rings. The molecule has 112 valence electrons. The Kier molecular flexibility index (Phi) is 5.03. The van der Waals surface area contributed by atoms with E-state index in [4.69, 9.17) is 4.74 Å². The Balaban J connectivity index is 1.91. The van der Waals surface area contributed by atoms with E-state index in [0.29, 0.717) is 25.8 Å². The van der Waals surface area contributed by atoms with Crippen LogP contribution < -0.4 is 4.72 Å². The molecule has 0 amide bonds. The van der Waals surface area contributed by atoms with Crippen LogP contribution >= 0.6 is 0 Å². The van der Waals surface area contributed by atoms with Crippen LogP contribution in [0.5, 0.6) is 0 Å². The standard InChI is InChI=1S/C12H16F2N2O3S/c13-11-2-1-10(9-12(11)14)20(17,18)15-3-4-16-5-7-19-8-6-16/h1-2,9,15H,3-8H2. The first-order chi connectivity index (χ1) is 9.49. The maximum atomic E-state index is 13.0. The summed E-state index contributed by atoms with van der Waals surface area (Å²) in [6.07, 6.45) is 0. The molecule has 0 aliphatic carbocycles. The van der Waals surface area contributed by atoms with Crippen LogP contribution in [-0.4, -0.2) is 52.7 Å². The van der Waals surface area contributed by atoms with Crippen molar-refractivity contribution in [3.63, 3.8) is 0 Å². The zero-order valence-corrected chi connectivity index (χ0v) is 11.6. The van der Waals surface area contributed by atoms with Crippen LogP contribution in [0.1, 0.15) is 0 Å². The molecule has 0 spiro atoms. The van der Waals surface area contributed by atoms with Crippen LogP contribution in [0.2, 0.25) is 0 Å². The molecular formula is C12H16F2N2O3S. The van der Waals surface area contributed by atoms with Crippen molar-refractivity contribution in [2.45, 2.75) is 4.90 Å². The summed E-state index contributed by atoms with van der Waals surface area (Å²) in [5.41, 5.74) is 0. The lowest BCUT2D eigenvalue weighted by Gasteiger charge is -2.26. The molecule has 1 aliphatic heterocycles. The van der Waals surface area contributed by atoms with E-state index in [2.05, 4.69) is 9.62 Å². The first-order valence-electron chi connectivity index (χ1n) is 6.24. The number of halogens is 2. The number of hydrogen-bond acceptors (Lipinski definition) is 4. The van der Waals surface area contributed by atoms with Gasteiger partial charge < -0.3 is 4.74 Å². The van der Waals surface area contributed by atoms with Crippen LogP contribution in [0.3, 0.4) is 0 Å². The van der Waals surface area contributed by atoms with Crippen molar-refractivity contribution in [2.75, 3.05) is 39.4 Å². The number of sulfonamides is 1. The van der Waals surface area contributed by atoms with Crippen molar-refractivity contribution in [3.8, 4) is 0 Å². The van der Waals surface area contributed by atoms with Crippen LogP contribution in [0.15, 0.2) is 23.1 Å². The van der Waals surface area contributed by atoms with Crippen molar-refractivity contribution < 1.29 is 21.9 Å². The predicted octanol–water partition coefficient (Wildman–Crippen LogP) is 0.575. The number of rotatable bonds is 5. The summed E-state index contributed by atoms with van der Waals surface area (Å²) in [6.45, 7) is 3.54. The SMILES string of the molecule is O=S(=O)(NCCN1CCOCC1)c1ccc(F)c(F)c1. The van der Waals surface area contributed by atoms with Gasteiger partial charge in [0.05, 0.1) is 18.1 Å². The van der Waals surface area contributed by atoms with Gasteiger partial charge in [-0.15, -0.1) is 0 Å². The smallest absolute Gasteiger partial charge is 0.240 e. The van der Waals surface area contributed by atoms with E-state index in [9.17, 15) is 17.2 Å². The minimum atomic E-state index is -3.81. The summed E-state index contributed by atoms with van der Waals surface area (Å²) in [4.78, 5) is 1.79. The highest BCUT2D eigenvalue weighted by atomic mass is 32.2. The van der Waals surface area contributed by atoms with Crippen molar-refractivity contribution in [3.05, 3.63) is 29.8 Å². The summed E-state index contributed by atoms with van der Waals surface area (Å²) in [5.74, 6) is -2.25. The van der Waals surface area contributed by atoms with Crippen LogP contribution in [0.25, 0.3) is 0 Å². The third kappa shape index (κ3) is 3.95. The Morgan fingerprint density at radius 1 is 1.20 bits per heavy atom. The number of nitrogens with zero attached hydrogens (tertiary/aromatic N) is 1. The Bertz CT molecular complexity index is 560. The fraction of sp³-hybridized carbons (Fsp3) is 0.500. The molecule has 0 saturated carbocycles. The topological polar surface area (TPSA) is 58.6 Å². The lowest BCUT2D eigenvalue weighted by atomic mass is 10.3. The number of nitrogens with one attached hydrogen (secondary N) is 1. The third-order valence-electron chi connectivity index (χ3n) is 3.03. The van der Waals surface area contributed by atoms with Gasteiger partial charge in [0, 0.05) is 26.2 Å². The number of benzene rings is 1. The minimum Gasteiger partial charge on any atom is -0.379 e. The lowest BCUT2D eigenvalue weighted by Crippen LogP contribution is -2.41. The van der Waals surface area contributed by atoms with E-state index in [1.165, 1.54) is 0 Å². The normalized spacial score (nSPS) is 17.3. The maximum absolute atomic E-state index is 13.0. The summed E-state index contributed by atoms with van der Waals surface area (Å²) >= 11 is 0. The van der Waals surface area contributed by atoms with Crippen molar-refractivity contribution in [1.29, 1.82) is 0 Å².